The monoisotopic (exact) mass is 408 g/mol. The molecule has 0 amide bonds. The summed E-state index contributed by atoms with van der Waals surface area (Å²) in [7, 11) is 0. The normalized spacial score (nSPS) is 14.9. The Morgan fingerprint density at radius 2 is 1.34 bits per heavy atom. The largest absolute Gasteiger partial charge is 0.461 e. The van der Waals surface area contributed by atoms with E-state index in [9.17, 15) is 4.79 Å². The molecule has 0 saturated heterocycles. The fraction of sp³-hybridized carbons (Fsp3) is 0.889. The van der Waals surface area contributed by atoms with E-state index in [0.29, 0.717) is 13.0 Å². The van der Waals surface area contributed by atoms with Gasteiger partial charge in [0.25, 0.3) is 0 Å². The molecule has 0 saturated carbocycles. The number of rotatable bonds is 16. The lowest BCUT2D eigenvalue weighted by molar-refractivity contribution is -0.143. The van der Waals surface area contributed by atoms with Gasteiger partial charge < -0.3 is 4.74 Å². The molecular formula is C27H52O2. The van der Waals surface area contributed by atoms with E-state index in [-0.39, 0.29) is 11.4 Å². The van der Waals surface area contributed by atoms with Crippen LogP contribution in [-0.2, 0) is 9.53 Å². The summed E-state index contributed by atoms with van der Waals surface area (Å²) in [5, 5.41) is 0. The van der Waals surface area contributed by atoms with Gasteiger partial charge in [-0.2, -0.15) is 0 Å². The van der Waals surface area contributed by atoms with E-state index < -0.39 is 0 Å². The van der Waals surface area contributed by atoms with Gasteiger partial charge in [-0.25, -0.2) is 0 Å². The second-order valence-electron chi connectivity index (χ2n) is 11.2. The highest BCUT2D eigenvalue weighted by Crippen LogP contribution is 2.22. The number of allylic oxidation sites excluding steroid dienone is 1. The van der Waals surface area contributed by atoms with Crippen LogP contribution in [0.1, 0.15) is 126 Å². The second-order valence-corrected chi connectivity index (χ2v) is 11.2. The van der Waals surface area contributed by atoms with Gasteiger partial charge in [-0.15, -0.1) is 0 Å². The van der Waals surface area contributed by atoms with Crippen LogP contribution in [0.15, 0.2) is 11.6 Å². The SMILES string of the molecule is C/C(=C\COC(=O)CCC(C)(C)C)CCCC(C)CCCC(C)CCCC(C)C. The summed E-state index contributed by atoms with van der Waals surface area (Å²) in [4.78, 5) is 11.8. The highest BCUT2D eigenvalue weighted by atomic mass is 16.5. The Kier molecular flexibility index (Phi) is 15.5. The zero-order chi connectivity index (χ0) is 22.3. The van der Waals surface area contributed by atoms with Crippen molar-refractivity contribution in [2.75, 3.05) is 6.61 Å². The number of hydrogen-bond donors (Lipinski definition) is 0. The van der Waals surface area contributed by atoms with Gasteiger partial charge in [-0.05, 0) is 55.4 Å². The lowest BCUT2D eigenvalue weighted by Crippen LogP contribution is -2.11. The molecule has 2 atom stereocenters. The quantitative estimate of drug-likeness (QED) is 0.188. The summed E-state index contributed by atoms with van der Waals surface area (Å²) >= 11 is 0. The van der Waals surface area contributed by atoms with Gasteiger partial charge in [0.2, 0.25) is 0 Å². The molecule has 0 aromatic rings. The predicted octanol–water partition coefficient (Wildman–Crippen LogP) is 8.74. The summed E-state index contributed by atoms with van der Waals surface area (Å²) < 4.78 is 5.34. The van der Waals surface area contributed by atoms with Crippen molar-refractivity contribution in [1.82, 2.24) is 0 Å². The molecule has 0 aliphatic carbocycles. The van der Waals surface area contributed by atoms with Gasteiger partial charge in [0.1, 0.15) is 6.61 Å². The second kappa shape index (κ2) is 16.0. The molecule has 29 heavy (non-hydrogen) atoms. The Balaban J connectivity index is 3.75. The molecule has 0 aromatic heterocycles. The van der Waals surface area contributed by atoms with Crippen LogP contribution in [-0.4, -0.2) is 12.6 Å². The first-order valence-corrected chi connectivity index (χ1v) is 12.3. The Bertz CT molecular complexity index is 442. The Morgan fingerprint density at radius 3 is 1.86 bits per heavy atom. The average Bonchev–Trinajstić information content (AvgIpc) is 2.59. The molecule has 2 heteroatoms. The fourth-order valence-corrected chi connectivity index (χ4v) is 3.64. The molecule has 2 unspecified atom stereocenters. The topological polar surface area (TPSA) is 26.3 Å². The van der Waals surface area contributed by atoms with Crippen LogP contribution < -0.4 is 0 Å². The third kappa shape index (κ3) is 20.3. The van der Waals surface area contributed by atoms with E-state index in [0.717, 1.165) is 30.6 Å². The Morgan fingerprint density at radius 1 is 0.828 bits per heavy atom. The van der Waals surface area contributed by atoms with Gasteiger partial charge in [0.15, 0.2) is 0 Å². The minimum Gasteiger partial charge on any atom is -0.461 e. The van der Waals surface area contributed by atoms with Crippen molar-refractivity contribution in [3.05, 3.63) is 11.6 Å². The third-order valence-corrected chi connectivity index (χ3v) is 5.90. The molecule has 0 N–H and O–H groups in total. The molecule has 0 heterocycles. The zero-order valence-electron chi connectivity index (χ0n) is 21.1. The molecule has 0 spiro atoms. The van der Waals surface area contributed by atoms with Crippen molar-refractivity contribution in [2.45, 2.75) is 126 Å². The highest BCUT2D eigenvalue weighted by Gasteiger charge is 2.13. The number of carbonyl (C=O) groups excluding carboxylic acids is 1. The average molecular weight is 409 g/mol. The fourth-order valence-electron chi connectivity index (χ4n) is 3.64. The van der Waals surface area contributed by atoms with Crippen molar-refractivity contribution in [3.63, 3.8) is 0 Å². The number of hydrogen-bond acceptors (Lipinski definition) is 2. The molecule has 2 nitrogen and oxygen atoms in total. The minimum absolute atomic E-state index is 0.0731. The maximum atomic E-state index is 11.8. The van der Waals surface area contributed by atoms with Crippen LogP contribution in [0.4, 0.5) is 0 Å². The van der Waals surface area contributed by atoms with Crippen molar-refractivity contribution in [1.29, 1.82) is 0 Å². The summed E-state index contributed by atoms with van der Waals surface area (Å²) in [6, 6.07) is 0. The van der Waals surface area contributed by atoms with Gasteiger partial charge in [-0.3, -0.25) is 4.79 Å². The maximum absolute atomic E-state index is 11.8. The van der Waals surface area contributed by atoms with E-state index in [1.807, 2.05) is 0 Å². The standard InChI is InChI=1S/C27H52O2/c1-22(2)12-9-13-23(3)14-10-15-24(4)16-11-17-25(5)19-21-29-26(28)18-20-27(6,7)8/h19,22-24H,9-18,20-21H2,1-8H3/b25-19+. The highest BCUT2D eigenvalue weighted by molar-refractivity contribution is 5.69. The molecule has 0 aromatic carbocycles. The summed E-state index contributed by atoms with van der Waals surface area (Å²) in [6.07, 6.45) is 15.5. The third-order valence-electron chi connectivity index (χ3n) is 5.90. The number of carbonyl (C=O) groups is 1. The van der Waals surface area contributed by atoms with Crippen molar-refractivity contribution < 1.29 is 9.53 Å². The Labute approximate surface area is 183 Å². The van der Waals surface area contributed by atoms with Gasteiger partial charge in [0.05, 0.1) is 0 Å². The molecular weight excluding hydrogens is 356 g/mol. The van der Waals surface area contributed by atoms with E-state index in [2.05, 4.69) is 61.5 Å². The minimum atomic E-state index is -0.0731. The van der Waals surface area contributed by atoms with E-state index in [1.54, 1.807) is 0 Å². The lowest BCUT2D eigenvalue weighted by Gasteiger charge is -2.16. The number of esters is 1. The molecule has 0 bridgehead atoms. The Hall–Kier alpha value is -0.790. The maximum Gasteiger partial charge on any atom is 0.306 e. The predicted molar refractivity (Wildman–Crippen MR) is 128 cm³/mol. The molecule has 0 rings (SSSR count). The van der Waals surface area contributed by atoms with Crippen LogP contribution in [0.25, 0.3) is 0 Å². The van der Waals surface area contributed by atoms with Crippen LogP contribution in [0.2, 0.25) is 0 Å². The summed E-state index contributed by atoms with van der Waals surface area (Å²) in [6.45, 7) is 18.5. The van der Waals surface area contributed by atoms with E-state index in [1.165, 1.54) is 56.9 Å². The van der Waals surface area contributed by atoms with Gasteiger partial charge in [-0.1, -0.05) is 99.0 Å². The van der Waals surface area contributed by atoms with Gasteiger partial charge in [0, 0.05) is 6.42 Å². The molecule has 172 valence electrons. The molecule has 0 fully saturated rings. The molecule has 0 radical (unpaired) electrons. The van der Waals surface area contributed by atoms with Crippen molar-refractivity contribution in [2.24, 2.45) is 23.2 Å². The molecule has 0 aliphatic heterocycles. The number of ether oxygens (including phenoxy) is 1. The molecule has 0 aliphatic rings. The zero-order valence-corrected chi connectivity index (χ0v) is 21.1. The first-order chi connectivity index (χ1) is 13.5. The van der Waals surface area contributed by atoms with Crippen LogP contribution in [0, 0.1) is 23.2 Å². The summed E-state index contributed by atoms with van der Waals surface area (Å²) in [5.41, 5.74) is 1.53. The van der Waals surface area contributed by atoms with Gasteiger partial charge >= 0.3 is 5.97 Å². The van der Waals surface area contributed by atoms with Crippen molar-refractivity contribution >= 4 is 5.97 Å². The lowest BCUT2D eigenvalue weighted by atomic mass is 9.91. The van der Waals surface area contributed by atoms with Crippen LogP contribution >= 0.6 is 0 Å². The summed E-state index contributed by atoms with van der Waals surface area (Å²) in [5.74, 6) is 2.48. The van der Waals surface area contributed by atoms with E-state index in [4.69, 9.17) is 4.74 Å². The smallest absolute Gasteiger partial charge is 0.306 e. The van der Waals surface area contributed by atoms with Crippen molar-refractivity contribution in [3.8, 4) is 0 Å². The first-order valence-electron chi connectivity index (χ1n) is 12.3. The van der Waals surface area contributed by atoms with E-state index >= 15 is 0 Å². The van der Waals surface area contributed by atoms with Crippen LogP contribution in [0.3, 0.4) is 0 Å². The van der Waals surface area contributed by atoms with Crippen LogP contribution in [0.5, 0.6) is 0 Å². The first kappa shape index (κ1) is 28.2.